The molecule has 1 aromatic carbocycles. The van der Waals surface area contributed by atoms with E-state index in [9.17, 15) is 13.6 Å². The highest BCUT2D eigenvalue weighted by Gasteiger charge is 2.10. The zero-order valence-corrected chi connectivity index (χ0v) is 11.2. The molecule has 0 unspecified atom stereocenters. The van der Waals surface area contributed by atoms with Crippen molar-refractivity contribution in [2.45, 2.75) is 26.3 Å². The van der Waals surface area contributed by atoms with Crippen molar-refractivity contribution in [3.8, 4) is 6.07 Å². The molecule has 108 valence electrons. The van der Waals surface area contributed by atoms with E-state index in [2.05, 4.69) is 5.32 Å². The summed E-state index contributed by atoms with van der Waals surface area (Å²) in [4.78, 5) is 11.1. The topological polar surface area (TPSA) is 62.1 Å². The first-order valence-corrected chi connectivity index (χ1v) is 6.32. The van der Waals surface area contributed by atoms with Crippen LogP contribution in [0.1, 0.15) is 30.9 Å². The minimum atomic E-state index is -0.751. The Morgan fingerprint density at radius 3 is 2.60 bits per heavy atom. The molecular weight excluding hydrogens is 266 g/mol. The summed E-state index contributed by atoms with van der Waals surface area (Å²) in [6.07, 6.45) is 0.789. The predicted octanol–water partition coefficient (Wildman–Crippen LogP) is 2.27. The number of hydrogen-bond acceptors (Lipinski definition) is 4. The van der Waals surface area contributed by atoms with Crippen LogP contribution >= 0.6 is 0 Å². The third-order valence-corrected chi connectivity index (χ3v) is 2.61. The van der Waals surface area contributed by atoms with Gasteiger partial charge in [-0.2, -0.15) is 5.26 Å². The Bertz CT molecular complexity index is 489. The SMILES string of the molecule is CCOC(=O)CCCNCc1c(F)cc(C#N)cc1F. The number of rotatable bonds is 7. The first-order chi connectivity index (χ1) is 9.58. The van der Waals surface area contributed by atoms with E-state index in [1.165, 1.54) is 0 Å². The smallest absolute Gasteiger partial charge is 0.305 e. The van der Waals surface area contributed by atoms with Crippen LogP contribution in [0.3, 0.4) is 0 Å². The Kier molecular flexibility index (Phi) is 6.60. The van der Waals surface area contributed by atoms with E-state index in [1.807, 2.05) is 0 Å². The number of esters is 1. The van der Waals surface area contributed by atoms with Gasteiger partial charge in [0.05, 0.1) is 18.2 Å². The van der Waals surface area contributed by atoms with Gasteiger partial charge in [0.1, 0.15) is 11.6 Å². The summed E-state index contributed by atoms with van der Waals surface area (Å²) in [5.74, 6) is -1.79. The van der Waals surface area contributed by atoms with E-state index in [0.717, 1.165) is 12.1 Å². The zero-order chi connectivity index (χ0) is 15.0. The van der Waals surface area contributed by atoms with Crippen LogP contribution in [0.25, 0.3) is 0 Å². The molecule has 20 heavy (non-hydrogen) atoms. The standard InChI is InChI=1S/C14H16F2N2O2/c1-2-20-14(19)4-3-5-18-9-11-12(15)6-10(8-17)7-13(11)16/h6-7,18H,2-5,9H2,1H3. The zero-order valence-electron chi connectivity index (χ0n) is 11.2. The molecular formula is C14H16F2N2O2. The number of hydrogen-bond donors (Lipinski definition) is 1. The first kappa shape index (κ1) is 16.1. The number of nitrogens with zero attached hydrogens (tertiary/aromatic N) is 1. The molecule has 0 aliphatic heterocycles. The lowest BCUT2D eigenvalue weighted by atomic mass is 10.1. The average molecular weight is 282 g/mol. The predicted molar refractivity (Wildman–Crippen MR) is 68.6 cm³/mol. The van der Waals surface area contributed by atoms with E-state index in [0.29, 0.717) is 19.6 Å². The molecule has 0 aliphatic carbocycles. The van der Waals surface area contributed by atoms with E-state index in [4.69, 9.17) is 10.00 Å². The number of nitrogens with one attached hydrogen (secondary N) is 1. The molecule has 0 bridgehead atoms. The van der Waals surface area contributed by atoms with E-state index in [-0.39, 0.29) is 30.1 Å². The average Bonchev–Trinajstić information content (AvgIpc) is 2.41. The van der Waals surface area contributed by atoms with Crippen molar-refractivity contribution in [3.05, 3.63) is 34.9 Å². The van der Waals surface area contributed by atoms with Crippen LogP contribution < -0.4 is 5.32 Å². The molecule has 4 nitrogen and oxygen atoms in total. The van der Waals surface area contributed by atoms with Gasteiger partial charge in [0.2, 0.25) is 0 Å². The molecule has 6 heteroatoms. The fourth-order valence-corrected chi connectivity index (χ4v) is 1.64. The number of benzene rings is 1. The van der Waals surface area contributed by atoms with E-state index in [1.54, 1.807) is 13.0 Å². The van der Waals surface area contributed by atoms with Crippen LogP contribution in [-0.2, 0) is 16.1 Å². The lowest BCUT2D eigenvalue weighted by Gasteiger charge is -2.07. The molecule has 0 saturated carbocycles. The molecule has 0 atom stereocenters. The molecule has 0 amide bonds. The van der Waals surface area contributed by atoms with Crippen molar-refractivity contribution < 1.29 is 18.3 Å². The summed E-state index contributed by atoms with van der Waals surface area (Å²) in [5.41, 5.74) is -0.161. The van der Waals surface area contributed by atoms with Crippen molar-refractivity contribution in [2.75, 3.05) is 13.2 Å². The minimum Gasteiger partial charge on any atom is -0.466 e. The maximum Gasteiger partial charge on any atom is 0.305 e. The Hall–Kier alpha value is -2.00. The van der Waals surface area contributed by atoms with Crippen LogP contribution in [0.5, 0.6) is 0 Å². The van der Waals surface area contributed by atoms with Crippen molar-refractivity contribution in [1.29, 1.82) is 5.26 Å². The highest BCUT2D eigenvalue weighted by molar-refractivity contribution is 5.69. The number of halogens is 2. The second kappa shape index (κ2) is 8.23. The van der Waals surface area contributed by atoms with Gasteiger partial charge in [0.25, 0.3) is 0 Å². The number of carbonyl (C=O) groups is 1. The number of ether oxygens (including phenoxy) is 1. The van der Waals surface area contributed by atoms with Gasteiger partial charge in [-0.25, -0.2) is 8.78 Å². The summed E-state index contributed by atoms with van der Waals surface area (Å²) in [5, 5.41) is 11.4. The molecule has 0 aliphatic rings. The highest BCUT2D eigenvalue weighted by atomic mass is 19.1. The summed E-state index contributed by atoms with van der Waals surface area (Å²) in [6, 6.07) is 3.68. The van der Waals surface area contributed by atoms with E-state index < -0.39 is 11.6 Å². The molecule has 1 rings (SSSR count). The van der Waals surface area contributed by atoms with Crippen molar-refractivity contribution in [1.82, 2.24) is 5.32 Å². The summed E-state index contributed by atoms with van der Waals surface area (Å²) < 4.78 is 31.8. The lowest BCUT2D eigenvalue weighted by Crippen LogP contribution is -2.18. The van der Waals surface area contributed by atoms with Crippen LogP contribution in [0, 0.1) is 23.0 Å². The fraction of sp³-hybridized carbons (Fsp3) is 0.429. The first-order valence-electron chi connectivity index (χ1n) is 6.32. The summed E-state index contributed by atoms with van der Waals surface area (Å²) >= 11 is 0. The van der Waals surface area contributed by atoms with Gasteiger partial charge in [-0.05, 0) is 32.0 Å². The fourth-order valence-electron chi connectivity index (χ4n) is 1.64. The largest absolute Gasteiger partial charge is 0.466 e. The molecule has 0 fully saturated rings. The third kappa shape index (κ3) is 4.94. The van der Waals surface area contributed by atoms with Gasteiger partial charge in [-0.15, -0.1) is 0 Å². The Morgan fingerprint density at radius 2 is 2.05 bits per heavy atom. The van der Waals surface area contributed by atoms with Crippen molar-refractivity contribution in [3.63, 3.8) is 0 Å². The van der Waals surface area contributed by atoms with Crippen LogP contribution in [0.15, 0.2) is 12.1 Å². The lowest BCUT2D eigenvalue weighted by molar-refractivity contribution is -0.143. The second-order valence-electron chi connectivity index (χ2n) is 4.12. The van der Waals surface area contributed by atoms with Gasteiger partial charge >= 0.3 is 5.97 Å². The Balaban J connectivity index is 2.40. The quantitative estimate of drug-likeness (QED) is 0.615. The molecule has 1 aromatic rings. The Morgan fingerprint density at radius 1 is 1.40 bits per heavy atom. The third-order valence-electron chi connectivity index (χ3n) is 2.61. The molecule has 0 heterocycles. The maximum atomic E-state index is 13.5. The molecule has 0 spiro atoms. The van der Waals surface area contributed by atoms with Crippen molar-refractivity contribution >= 4 is 5.97 Å². The highest BCUT2D eigenvalue weighted by Crippen LogP contribution is 2.14. The summed E-state index contributed by atoms with van der Waals surface area (Å²) in [7, 11) is 0. The van der Waals surface area contributed by atoms with Gasteiger partial charge in [0.15, 0.2) is 0 Å². The maximum absolute atomic E-state index is 13.5. The normalized spacial score (nSPS) is 10.1. The summed E-state index contributed by atoms with van der Waals surface area (Å²) in [6.45, 7) is 2.52. The second-order valence-corrected chi connectivity index (χ2v) is 4.12. The van der Waals surface area contributed by atoms with Gasteiger partial charge < -0.3 is 10.1 Å². The molecule has 0 radical (unpaired) electrons. The monoisotopic (exact) mass is 282 g/mol. The number of nitriles is 1. The van der Waals surface area contributed by atoms with Gasteiger partial charge in [-0.1, -0.05) is 0 Å². The van der Waals surface area contributed by atoms with Crippen LogP contribution in [-0.4, -0.2) is 19.1 Å². The van der Waals surface area contributed by atoms with Crippen LogP contribution in [0.4, 0.5) is 8.78 Å². The Labute approximate surface area is 116 Å². The molecule has 0 aromatic heterocycles. The minimum absolute atomic E-state index is 0.00615. The van der Waals surface area contributed by atoms with Crippen LogP contribution in [0.2, 0.25) is 0 Å². The molecule has 0 saturated heterocycles. The van der Waals surface area contributed by atoms with Gasteiger partial charge in [0, 0.05) is 18.5 Å². The number of carbonyl (C=O) groups excluding carboxylic acids is 1. The molecule has 1 N–H and O–H groups in total. The van der Waals surface area contributed by atoms with Crippen molar-refractivity contribution in [2.24, 2.45) is 0 Å². The van der Waals surface area contributed by atoms with E-state index >= 15 is 0 Å². The van der Waals surface area contributed by atoms with Gasteiger partial charge in [-0.3, -0.25) is 4.79 Å².